The van der Waals surface area contributed by atoms with E-state index in [4.69, 9.17) is 23.7 Å². The van der Waals surface area contributed by atoms with Gasteiger partial charge in [-0.25, -0.2) is 4.79 Å². The number of nitrogens with one attached hydrogen (secondary N) is 1. The SMILES string of the molecule is CC(=O)O[C@@H]1[C@@H]2CC(=O)N(C[C@H]3O[C@@H](C[C@H]4O[C@@H](n5cc(C)c(=O)[nH]c5=O)C[C@@H]4O)[C@H](O)[C@@H]3O)[C@H]1O[C@@H]2COCc1ccccc1. The van der Waals surface area contributed by atoms with Gasteiger partial charge in [-0.2, -0.15) is 0 Å². The molecule has 4 N–H and O–H groups in total. The zero-order chi connectivity index (χ0) is 32.7. The topological polar surface area (TPSA) is 199 Å². The number of aromatic nitrogens is 2. The van der Waals surface area contributed by atoms with E-state index in [0.717, 1.165) is 5.56 Å². The summed E-state index contributed by atoms with van der Waals surface area (Å²) < 4.78 is 30.8. The summed E-state index contributed by atoms with van der Waals surface area (Å²) >= 11 is 0. The molecule has 4 fully saturated rings. The van der Waals surface area contributed by atoms with E-state index in [1.807, 2.05) is 30.3 Å². The molecule has 1 aromatic heterocycles. The lowest BCUT2D eigenvalue weighted by molar-refractivity contribution is -0.176. The van der Waals surface area contributed by atoms with Crippen molar-refractivity contribution in [3.8, 4) is 0 Å². The van der Waals surface area contributed by atoms with Crippen LogP contribution in [0, 0.1) is 12.8 Å². The number of aryl methyl sites for hydroxylation is 1. The van der Waals surface area contributed by atoms with Gasteiger partial charge in [-0.15, -0.1) is 0 Å². The van der Waals surface area contributed by atoms with E-state index in [9.17, 15) is 34.5 Å². The molecule has 11 atom stereocenters. The summed E-state index contributed by atoms with van der Waals surface area (Å²) in [5.74, 6) is -1.23. The smallest absolute Gasteiger partial charge is 0.330 e. The molecule has 0 radical (unpaired) electrons. The number of hydrogen-bond acceptors (Lipinski definition) is 12. The molecule has 1 aromatic carbocycles. The summed E-state index contributed by atoms with van der Waals surface area (Å²) in [5, 5.41) is 32.5. The summed E-state index contributed by atoms with van der Waals surface area (Å²) in [6, 6.07) is 9.59. The average molecular weight is 646 g/mol. The van der Waals surface area contributed by atoms with E-state index in [1.54, 1.807) is 6.92 Å². The van der Waals surface area contributed by atoms with Crippen molar-refractivity contribution in [2.75, 3.05) is 13.2 Å². The number of benzene rings is 1. The van der Waals surface area contributed by atoms with Crippen molar-refractivity contribution in [2.24, 2.45) is 5.92 Å². The maximum Gasteiger partial charge on any atom is 0.330 e. The van der Waals surface area contributed by atoms with Gasteiger partial charge in [0.05, 0.1) is 44.2 Å². The largest absolute Gasteiger partial charge is 0.457 e. The summed E-state index contributed by atoms with van der Waals surface area (Å²) in [4.78, 5) is 53.0. The minimum Gasteiger partial charge on any atom is -0.457 e. The molecule has 4 aliphatic rings. The molecule has 1 amide bonds. The molecule has 5 heterocycles. The number of carbonyl (C=O) groups is 2. The molecule has 4 aliphatic heterocycles. The number of ether oxygens (including phenoxy) is 5. The molecule has 250 valence electrons. The van der Waals surface area contributed by atoms with Crippen molar-refractivity contribution in [3.05, 3.63) is 68.5 Å². The number of hydrogen-bond donors (Lipinski definition) is 4. The zero-order valence-electron chi connectivity index (χ0n) is 25.5. The Labute approximate surface area is 263 Å². The summed E-state index contributed by atoms with van der Waals surface area (Å²) in [5.41, 5.74) is 0.0782. The van der Waals surface area contributed by atoms with Gasteiger partial charge in [0, 0.05) is 43.9 Å². The normalized spacial score (nSPS) is 35.5. The lowest BCUT2D eigenvalue weighted by atomic mass is 9.90. The van der Waals surface area contributed by atoms with Gasteiger partial charge in [0.1, 0.15) is 24.5 Å². The molecule has 4 saturated heterocycles. The number of esters is 1. The van der Waals surface area contributed by atoms with Gasteiger partial charge in [-0.1, -0.05) is 30.3 Å². The maximum absolute atomic E-state index is 13.3. The molecule has 0 unspecified atom stereocenters. The van der Waals surface area contributed by atoms with E-state index in [0.29, 0.717) is 12.2 Å². The van der Waals surface area contributed by atoms with E-state index in [2.05, 4.69) is 4.98 Å². The molecule has 2 aromatic rings. The summed E-state index contributed by atoms with van der Waals surface area (Å²) in [7, 11) is 0. The van der Waals surface area contributed by atoms with Gasteiger partial charge in [0.25, 0.3) is 5.56 Å². The predicted molar refractivity (Wildman–Crippen MR) is 156 cm³/mol. The fourth-order valence-electron chi connectivity index (χ4n) is 6.81. The van der Waals surface area contributed by atoms with Crippen LogP contribution < -0.4 is 11.2 Å². The number of aliphatic hydroxyl groups excluding tert-OH is 3. The Balaban J connectivity index is 1.09. The van der Waals surface area contributed by atoms with Crippen LogP contribution in [0.4, 0.5) is 0 Å². The Bertz CT molecular complexity index is 1530. The molecule has 0 saturated carbocycles. The van der Waals surface area contributed by atoms with Crippen LogP contribution >= 0.6 is 0 Å². The molecular weight excluding hydrogens is 606 g/mol. The number of amides is 1. The first-order chi connectivity index (χ1) is 22.0. The van der Waals surface area contributed by atoms with Crippen LogP contribution in [-0.4, -0.2) is 110 Å². The highest BCUT2D eigenvalue weighted by molar-refractivity contribution is 5.78. The summed E-state index contributed by atoms with van der Waals surface area (Å²) in [6.07, 6.45) is -8.25. The maximum atomic E-state index is 13.3. The Morgan fingerprint density at radius 3 is 2.48 bits per heavy atom. The van der Waals surface area contributed by atoms with Crippen LogP contribution in [0.3, 0.4) is 0 Å². The first kappa shape index (κ1) is 32.5. The van der Waals surface area contributed by atoms with Crippen LogP contribution in [0.15, 0.2) is 46.1 Å². The van der Waals surface area contributed by atoms with Crippen molar-refractivity contribution < 1.29 is 48.6 Å². The van der Waals surface area contributed by atoms with Crippen molar-refractivity contribution in [3.63, 3.8) is 0 Å². The average Bonchev–Trinajstić information content (AvgIpc) is 3.59. The predicted octanol–water partition coefficient (Wildman–Crippen LogP) is -0.905. The number of carbonyl (C=O) groups excluding carboxylic acids is 2. The van der Waals surface area contributed by atoms with E-state index >= 15 is 0 Å². The Hall–Kier alpha value is -3.44. The number of fused-ring (bicyclic) bond motifs is 2. The van der Waals surface area contributed by atoms with E-state index < -0.39 is 84.4 Å². The highest BCUT2D eigenvalue weighted by atomic mass is 16.6. The van der Waals surface area contributed by atoms with Gasteiger partial charge in [-0.05, 0) is 12.5 Å². The number of aliphatic hydroxyl groups is 3. The van der Waals surface area contributed by atoms with Gasteiger partial charge in [-0.3, -0.25) is 23.9 Å². The number of H-pyrrole nitrogens is 1. The van der Waals surface area contributed by atoms with Crippen molar-refractivity contribution in [1.82, 2.24) is 14.5 Å². The standard InChI is InChI=1S/C31H39N3O12/c1-15-11-34(31(41)32-29(15)40)25-9-19(36)20(45-25)10-21-26(38)27(39)22(44-21)12-33-24(37)8-18-23(46-30(33)28(18)43-16(2)35)14-42-13-17-6-4-3-5-7-17/h3-7,11,18-23,25-28,30,36,38-39H,8-10,12-14H2,1-2H3,(H,32,40,41)/t18-,19+,20-,21+,22-,23-,25-,26+,27-,28-,30+/m1/s1. The number of nitrogens with zero attached hydrogens (tertiary/aromatic N) is 2. The van der Waals surface area contributed by atoms with Gasteiger partial charge in [0.2, 0.25) is 5.91 Å². The highest BCUT2D eigenvalue weighted by Crippen LogP contribution is 2.41. The Morgan fingerprint density at radius 2 is 1.74 bits per heavy atom. The van der Waals surface area contributed by atoms with Gasteiger partial charge >= 0.3 is 11.7 Å². The van der Waals surface area contributed by atoms with Crippen LogP contribution in [-0.2, 0) is 39.9 Å². The quantitative estimate of drug-likeness (QED) is 0.233. The van der Waals surface area contributed by atoms with Crippen LogP contribution in [0.5, 0.6) is 0 Å². The summed E-state index contributed by atoms with van der Waals surface area (Å²) in [6.45, 7) is 3.19. The lowest BCUT2D eigenvalue weighted by Crippen LogP contribution is -2.56. The molecule has 6 rings (SSSR count). The number of piperidine rings is 1. The molecule has 2 bridgehead atoms. The monoisotopic (exact) mass is 645 g/mol. The molecule has 0 spiro atoms. The van der Waals surface area contributed by atoms with Gasteiger partial charge < -0.3 is 43.9 Å². The van der Waals surface area contributed by atoms with E-state index in [1.165, 1.54) is 22.6 Å². The lowest BCUT2D eigenvalue weighted by Gasteiger charge is -2.38. The van der Waals surface area contributed by atoms with Crippen molar-refractivity contribution in [1.29, 1.82) is 0 Å². The fraction of sp³-hybridized carbons (Fsp3) is 0.613. The van der Waals surface area contributed by atoms with E-state index in [-0.39, 0.29) is 38.3 Å². The Morgan fingerprint density at radius 1 is 1.00 bits per heavy atom. The minimum atomic E-state index is -1.38. The zero-order valence-corrected chi connectivity index (χ0v) is 25.5. The number of aromatic amines is 1. The minimum absolute atomic E-state index is 0.0175. The number of rotatable bonds is 10. The first-order valence-corrected chi connectivity index (χ1v) is 15.4. The first-order valence-electron chi connectivity index (χ1n) is 15.4. The molecule has 0 aliphatic carbocycles. The molecule has 15 nitrogen and oxygen atoms in total. The van der Waals surface area contributed by atoms with Crippen LogP contribution in [0.1, 0.15) is 43.5 Å². The third-order valence-corrected chi connectivity index (χ3v) is 9.19. The van der Waals surface area contributed by atoms with Crippen molar-refractivity contribution >= 4 is 11.9 Å². The highest BCUT2D eigenvalue weighted by Gasteiger charge is 2.57. The number of likely N-dealkylation sites (tertiary alicyclic amines) is 1. The molecule has 46 heavy (non-hydrogen) atoms. The second-order valence-corrected chi connectivity index (χ2v) is 12.4. The molecular formula is C31H39N3O12. The van der Waals surface area contributed by atoms with Crippen molar-refractivity contribution in [2.45, 2.75) is 101 Å². The van der Waals surface area contributed by atoms with Crippen LogP contribution in [0.25, 0.3) is 0 Å². The third kappa shape index (κ3) is 6.53. The molecule has 15 heteroatoms. The Kier molecular flexibility index (Phi) is 9.43. The van der Waals surface area contributed by atoms with Crippen LogP contribution in [0.2, 0.25) is 0 Å². The van der Waals surface area contributed by atoms with Gasteiger partial charge in [0.15, 0.2) is 12.3 Å². The third-order valence-electron chi connectivity index (χ3n) is 9.19. The second-order valence-electron chi connectivity index (χ2n) is 12.4. The fourth-order valence-corrected chi connectivity index (χ4v) is 6.81. The second kappa shape index (κ2) is 13.4.